The molecule has 0 spiro atoms. The van der Waals surface area contributed by atoms with Crippen molar-refractivity contribution in [1.82, 2.24) is 0 Å². The second-order valence-corrected chi connectivity index (χ2v) is 22.9. The first-order valence-electron chi connectivity index (χ1n) is 24.0. The number of hydrogen-bond donors (Lipinski definition) is 9. The predicted molar refractivity (Wildman–Crippen MR) is 235 cm³/mol. The van der Waals surface area contributed by atoms with Crippen LogP contribution in [0, 0.1) is 50.2 Å². The molecule has 9 N–H and O–H groups in total. The number of hydrogen-bond acceptors (Lipinski definition) is 17. The van der Waals surface area contributed by atoms with Gasteiger partial charge in [-0.25, -0.2) is 9.59 Å². The predicted octanol–water partition coefficient (Wildman–Crippen LogP) is 1.88. The number of fused-ring (bicyclic) bond motifs is 7. The molecule has 5 aliphatic carbocycles. The van der Waals surface area contributed by atoms with Crippen LogP contribution in [-0.2, 0) is 42.8 Å². The highest BCUT2D eigenvalue weighted by Gasteiger charge is 2.76. The molecule has 7 aliphatic rings. The Hall–Kier alpha value is -2.59. The van der Waals surface area contributed by atoms with E-state index >= 15 is 0 Å². The Balaban J connectivity index is 1.22. The van der Waals surface area contributed by atoms with Gasteiger partial charge in [-0.05, 0) is 98.7 Å². The molecule has 6 fully saturated rings. The second-order valence-electron chi connectivity index (χ2n) is 22.9. The minimum atomic E-state index is -1.96. The van der Waals surface area contributed by atoms with Gasteiger partial charge in [0.05, 0.1) is 35.9 Å². The summed E-state index contributed by atoms with van der Waals surface area (Å²) in [7, 11) is 0. The first-order valence-corrected chi connectivity index (χ1v) is 24.0. The summed E-state index contributed by atoms with van der Waals surface area (Å²) >= 11 is 0. The summed E-state index contributed by atoms with van der Waals surface area (Å²) in [5.41, 5.74) is -4.03. The highest BCUT2D eigenvalue weighted by atomic mass is 16.8. The fourth-order valence-electron chi connectivity index (χ4n) is 14.6. The summed E-state index contributed by atoms with van der Waals surface area (Å²) in [4.78, 5) is 38.4. The van der Waals surface area contributed by atoms with E-state index in [0.717, 1.165) is 5.57 Å². The van der Waals surface area contributed by atoms with Gasteiger partial charge in [0.1, 0.15) is 49.3 Å². The molecule has 2 heterocycles. The first kappa shape index (κ1) is 52.2. The number of carboxylic acid groups (broad SMARTS) is 1. The minimum Gasteiger partial charge on any atom is -0.479 e. The highest BCUT2D eigenvalue weighted by Crippen LogP contribution is 2.76. The van der Waals surface area contributed by atoms with E-state index in [1.807, 2.05) is 20.8 Å². The third kappa shape index (κ3) is 7.86. The normalized spacial score (nSPS) is 50.3. The van der Waals surface area contributed by atoms with Crippen LogP contribution in [0.2, 0.25) is 0 Å². The van der Waals surface area contributed by atoms with Crippen molar-refractivity contribution in [2.24, 2.45) is 50.2 Å². The summed E-state index contributed by atoms with van der Waals surface area (Å²) in [5.74, 6) is -3.57. The molecule has 0 amide bonds. The minimum absolute atomic E-state index is 0.0405. The standard InChI is InChI=1S/C49H76O18/c1-12-21(2)41(61)67-39-38(58)44(5,6)19-25-24-13-14-27-46(9)17-16-28(45(7,8)26(46)15-18-47(27,10)48(24,11)36(56)37(57)49(25,39)20-62-23(4)50)64-43-35(32(54)31(53)34(65-43)40(59)60)66-42-33(55)30(52)29(51)22(3)63-42/h12-13,22,25-39,42-43,51-58H,14-20H2,1-11H3,(H,59,60)/b21-12-/t22-,25-,26-,27+,28-,29-,30+,31-,32-,33+,34-,35+,36-,37+,38-,39-,42-,43+,46-,47+,48-,49-/m0/s1. The van der Waals surface area contributed by atoms with Crippen molar-refractivity contribution >= 4 is 17.9 Å². The Morgan fingerprint density at radius 3 is 2.04 bits per heavy atom. The molecule has 0 aromatic heterocycles. The second kappa shape index (κ2) is 17.9. The van der Waals surface area contributed by atoms with Gasteiger partial charge in [0.2, 0.25) is 0 Å². The van der Waals surface area contributed by atoms with E-state index in [9.17, 15) is 60.3 Å². The molecule has 2 aliphatic heterocycles. The van der Waals surface area contributed by atoms with E-state index in [1.54, 1.807) is 19.9 Å². The maximum absolute atomic E-state index is 13.5. The third-order valence-electron chi connectivity index (χ3n) is 18.9. The smallest absolute Gasteiger partial charge is 0.335 e. The van der Waals surface area contributed by atoms with Crippen molar-refractivity contribution in [2.75, 3.05) is 6.61 Å². The van der Waals surface area contributed by atoms with E-state index in [2.05, 4.69) is 33.8 Å². The van der Waals surface area contributed by atoms with Gasteiger partial charge in [0, 0.05) is 17.9 Å². The van der Waals surface area contributed by atoms with Gasteiger partial charge in [-0.1, -0.05) is 66.2 Å². The summed E-state index contributed by atoms with van der Waals surface area (Å²) in [6, 6.07) is 0. The Kier molecular flexibility index (Phi) is 14.0. The van der Waals surface area contributed by atoms with Crippen LogP contribution in [-0.4, -0.2) is 162 Å². The van der Waals surface area contributed by atoms with Crippen LogP contribution in [0.3, 0.4) is 0 Å². The number of carbonyl (C=O) groups is 3. The molecular formula is C49H76O18. The molecule has 22 atom stereocenters. The molecule has 380 valence electrons. The average molecular weight is 953 g/mol. The number of rotatable bonds is 9. The van der Waals surface area contributed by atoms with Crippen LogP contribution < -0.4 is 0 Å². The van der Waals surface area contributed by atoms with E-state index in [4.69, 9.17) is 28.4 Å². The zero-order valence-electron chi connectivity index (χ0n) is 40.7. The van der Waals surface area contributed by atoms with Crippen LogP contribution in [0.1, 0.15) is 115 Å². The lowest BCUT2D eigenvalue weighted by Crippen LogP contribution is -2.76. The fourth-order valence-corrected chi connectivity index (χ4v) is 14.6. The van der Waals surface area contributed by atoms with Crippen molar-refractivity contribution < 1.29 is 88.8 Å². The molecular weight excluding hydrogens is 877 g/mol. The third-order valence-corrected chi connectivity index (χ3v) is 18.9. The van der Waals surface area contributed by atoms with Crippen molar-refractivity contribution in [2.45, 2.75) is 207 Å². The lowest BCUT2D eigenvalue weighted by molar-refractivity contribution is -0.372. The Morgan fingerprint density at radius 1 is 0.776 bits per heavy atom. The van der Waals surface area contributed by atoms with Gasteiger partial charge < -0.3 is 74.4 Å². The number of carbonyl (C=O) groups excluding carboxylic acids is 2. The molecule has 67 heavy (non-hydrogen) atoms. The molecule has 0 aromatic rings. The van der Waals surface area contributed by atoms with Crippen LogP contribution in [0.25, 0.3) is 0 Å². The molecule has 18 nitrogen and oxygen atoms in total. The van der Waals surface area contributed by atoms with Gasteiger partial charge in [0.25, 0.3) is 0 Å². The van der Waals surface area contributed by atoms with Crippen LogP contribution in [0.15, 0.2) is 23.3 Å². The van der Waals surface area contributed by atoms with E-state index < -0.39 is 155 Å². The number of aliphatic carboxylic acids is 1. The SMILES string of the molecule is C/C=C(/C)C(=O)O[C@H]1[C@H](O)C(C)(C)C[C@H]2C3=CC[C@@H]4[C@@]5(C)CC[C@H](O[C@@H]6O[C@H](C(=O)O)[C@@H](O)[C@H](O)[C@H]6O[C@@H]6O[C@@H](C)[C@H](O)[C@@H](O)[C@H]6O)C(C)(C)[C@@H]5CC[C@@]4(C)[C@]3(C)[C@@H](O)[C@@H](O)[C@]21COC(C)=O. The maximum Gasteiger partial charge on any atom is 0.335 e. The van der Waals surface area contributed by atoms with Crippen LogP contribution >= 0.6 is 0 Å². The maximum atomic E-state index is 13.5. The number of aliphatic hydroxyl groups excluding tert-OH is 8. The molecule has 4 saturated carbocycles. The molecule has 7 rings (SSSR count). The zero-order valence-corrected chi connectivity index (χ0v) is 40.7. The molecule has 0 aromatic carbocycles. The molecule has 18 heteroatoms. The van der Waals surface area contributed by atoms with E-state index in [1.165, 1.54) is 13.8 Å². The Bertz CT molecular complexity index is 1970. The number of allylic oxidation sites excluding steroid dienone is 2. The quantitative estimate of drug-likeness (QED) is 0.0690. The van der Waals surface area contributed by atoms with Crippen LogP contribution in [0.5, 0.6) is 0 Å². The van der Waals surface area contributed by atoms with Gasteiger partial charge in [-0.2, -0.15) is 0 Å². The van der Waals surface area contributed by atoms with Crippen molar-refractivity contribution in [3.63, 3.8) is 0 Å². The number of aliphatic hydroxyl groups is 8. The van der Waals surface area contributed by atoms with E-state index in [0.29, 0.717) is 38.5 Å². The van der Waals surface area contributed by atoms with Crippen molar-refractivity contribution in [3.05, 3.63) is 23.3 Å². The highest BCUT2D eigenvalue weighted by molar-refractivity contribution is 5.87. The number of carboxylic acids is 1. The van der Waals surface area contributed by atoms with Gasteiger partial charge in [0.15, 0.2) is 18.7 Å². The molecule has 2 saturated heterocycles. The largest absolute Gasteiger partial charge is 0.479 e. The van der Waals surface area contributed by atoms with E-state index in [-0.39, 0.29) is 17.4 Å². The van der Waals surface area contributed by atoms with Gasteiger partial charge >= 0.3 is 17.9 Å². The molecule has 0 bridgehead atoms. The van der Waals surface area contributed by atoms with Crippen LogP contribution in [0.4, 0.5) is 0 Å². The number of ether oxygens (including phenoxy) is 6. The van der Waals surface area contributed by atoms with Gasteiger partial charge in [-0.3, -0.25) is 4.79 Å². The lowest BCUT2D eigenvalue weighted by atomic mass is 9.32. The van der Waals surface area contributed by atoms with Crippen molar-refractivity contribution in [1.29, 1.82) is 0 Å². The fraction of sp³-hybridized carbons (Fsp3) is 0.857. The summed E-state index contributed by atoms with van der Waals surface area (Å²) in [6.07, 6.45) is -15.9. The number of esters is 2. The topological polar surface area (TPSA) is 289 Å². The van der Waals surface area contributed by atoms with Gasteiger partial charge in [-0.15, -0.1) is 0 Å². The Morgan fingerprint density at radius 2 is 1.43 bits per heavy atom. The molecule has 0 radical (unpaired) electrons. The van der Waals surface area contributed by atoms with Crippen molar-refractivity contribution in [3.8, 4) is 0 Å². The summed E-state index contributed by atoms with van der Waals surface area (Å²) < 4.78 is 36.0. The monoisotopic (exact) mass is 953 g/mol. The summed E-state index contributed by atoms with van der Waals surface area (Å²) in [5, 5.41) is 102. The lowest BCUT2D eigenvalue weighted by Gasteiger charge is -2.73. The zero-order chi connectivity index (χ0) is 49.9. The average Bonchev–Trinajstić information content (AvgIpc) is 3.25. The first-order chi connectivity index (χ1) is 31.0. The molecule has 0 unspecified atom stereocenters. The Labute approximate surface area is 392 Å². The summed E-state index contributed by atoms with van der Waals surface area (Å²) in [6.45, 7) is 19.9.